The maximum Gasteiger partial charge on any atom is 0.231 e. The molecule has 2 heterocycles. The third-order valence-corrected chi connectivity index (χ3v) is 4.07. The van der Waals surface area contributed by atoms with Crippen molar-refractivity contribution in [2.75, 3.05) is 51.5 Å². The van der Waals surface area contributed by atoms with Crippen LogP contribution in [0.25, 0.3) is 0 Å². The fourth-order valence-electron chi connectivity index (χ4n) is 2.60. The van der Waals surface area contributed by atoms with Gasteiger partial charge in [0.2, 0.25) is 6.79 Å². The third kappa shape index (κ3) is 4.22. The van der Waals surface area contributed by atoms with Gasteiger partial charge in [-0.05, 0) is 24.4 Å². The fourth-order valence-corrected chi connectivity index (χ4v) is 2.82. The van der Waals surface area contributed by atoms with Crippen molar-refractivity contribution in [3.05, 3.63) is 18.2 Å². The van der Waals surface area contributed by atoms with Crippen LogP contribution < -0.4 is 25.0 Å². The van der Waals surface area contributed by atoms with Gasteiger partial charge < -0.3 is 29.7 Å². The van der Waals surface area contributed by atoms with Crippen molar-refractivity contribution in [3.8, 4) is 11.5 Å². The Morgan fingerprint density at radius 3 is 2.86 bits per heavy atom. The first-order valence-electron chi connectivity index (χ1n) is 7.67. The summed E-state index contributed by atoms with van der Waals surface area (Å²) in [7, 11) is 0. The molecule has 22 heavy (non-hydrogen) atoms. The van der Waals surface area contributed by atoms with E-state index in [4.69, 9.17) is 26.4 Å². The Balaban J connectivity index is 1.35. The van der Waals surface area contributed by atoms with Gasteiger partial charge in [0.05, 0.1) is 19.8 Å². The van der Waals surface area contributed by atoms with Crippen molar-refractivity contribution < 1.29 is 19.1 Å². The Morgan fingerprint density at radius 1 is 1.18 bits per heavy atom. The number of quaternary nitrogens is 1. The number of rotatable bonds is 5. The molecular formula is C15H22N3O3S+. The third-order valence-electron chi connectivity index (χ3n) is 3.82. The maximum atomic E-state index is 5.36. The molecule has 0 amide bonds. The molecule has 1 saturated heterocycles. The molecule has 0 atom stereocenters. The van der Waals surface area contributed by atoms with Crippen LogP contribution in [-0.4, -0.2) is 51.3 Å². The number of hydrogen-bond donors (Lipinski definition) is 3. The van der Waals surface area contributed by atoms with Gasteiger partial charge in [-0.1, -0.05) is 0 Å². The minimum absolute atomic E-state index is 0.283. The van der Waals surface area contributed by atoms with Gasteiger partial charge in [0.15, 0.2) is 16.6 Å². The Morgan fingerprint density at radius 2 is 2.00 bits per heavy atom. The summed E-state index contributed by atoms with van der Waals surface area (Å²) in [5, 5.41) is 7.05. The van der Waals surface area contributed by atoms with E-state index in [0.29, 0.717) is 5.11 Å². The number of thiocarbonyl (C=S) groups is 1. The lowest BCUT2D eigenvalue weighted by atomic mass is 10.3. The molecule has 120 valence electrons. The van der Waals surface area contributed by atoms with Gasteiger partial charge in [-0.15, -0.1) is 0 Å². The van der Waals surface area contributed by atoms with Crippen LogP contribution in [0.1, 0.15) is 6.42 Å². The van der Waals surface area contributed by atoms with Crippen LogP contribution in [0.4, 0.5) is 5.69 Å². The maximum absolute atomic E-state index is 5.36. The minimum Gasteiger partial charge on any atom is -0.454 e. The molecule has 2 aliphatic heterocycles. The van der Waals surface area contributed by atoms with Crippen molar-refractivity contribution in [2.45, 2.75) is 6.42 Å². The van der Waals surface area contributed by atoms with Gasteiger partial charge in [0.25, 0.3) is 0 Å². The highest BCUT2D eigenvalue weighted by Crippen LogP contribution is 2.34. The average Bonchev–Trinajstić information content (AvgIpc) is 3.00. The first-order valence-corrected chi connectivity index (χ1v) is 8.08. The van der Waals surface area contributed by atoms with Crippen LogP contribution in [0.2, 0.25) is 0 Å². The SMILES string of the molecule is S=C(NCCC[NH+]1CCOCC1)Nc1ccc2c(c1)OCO2. The van der Waals surface area contributed by atoms with E-state index in [-0.39, 0.29) is 6.79 Å². The molecule has 0 unspecified atom stereocenters. The second kappa shape index (κ2) is 7.62. The van der Waals surface area contributed by atoms with Crippen molar-refractivity contribution in [1.82, 2.24) is 5.32 Å². The molecule has 0 aliphatic carbocycles. The topological polar surface area (TPSA) is 56.2 Å². The first-order chi connectivity index (χ1) is 10.8. The lowest BCUT2D eigenvalue weighted by molar-refractivity contribution is -0.908. The zero-order valence-corrected chi connectivity index (χ0v) is 13.3. The highest BCUT2D eigenvalue weighted by Gasteiger charge is 2.14. The molecule has 1 fully saturated rings. The molecule has 0 radical (unpaired) electrons. The van der Waals surface area contributed by atoms with Crippen molar-refractivity contribution in [3.63, 3.8) is 0 Å². The lowest BCUT2D eigenvalue weighted by Crippen LogP contribution is -3.14. The smallest absolute Gasteiger partial charge is 0.231 e. The second-order valence-corrected chi connectivity index (χ2v) is 5.82. The Kier molecular flexibility index (Phi) is 5.31. The van der Waals surface area contributed by atoms with Gasteiger partial charge >= 0.3 is 0 Å². The zero-order chi connectivity index (χ0) is 15.2. The Bertz CT molecular complexity index is 521. The predicted molar refractivity (Wildman–Crippen MR) is 87.8 cm³/mol. The van der Waals surface area contributed by atoms with E-state index in [1.54, 1.807) is 4.90 Å². The number of fused-ring (bicyclic) bond motifs is 1. The van der Waals surface area contributed by atoms with E-state index in [0.717, 1.165) is 63.0 Å². The Hall–Kier alpha value is -1.57. The summed E-state index contributed by atoms with van der Waals surface area (Å²) in [5.41, 5.74) is 0.903. The van der Waals surface area contributed by atoms with Gasteiger partial charge in [0.1, 0.15) is 13.1 Å². The molecule has 0 bridgehead atoms. The largest absolute Gasteiger partial charge is 0.454 e. The van der Waals surface area contributed by atoms with Gasteiger partial charge in [-0.3, -0.25) is 0 Å². The highest BCUT2D eigenvalue weighted by atomic mass is 32.1. The quantitative estimate of drug-likeness (QED) is 0.524. The lowest BCUT2D eigenvalue weighted by Gasteiger charge is -2.23. The molecule has 0 aromatic heterocycles. The average molecular weight is 324 g/mol. The van der Waals surface area contributed by atoms with E-state index >= 15 is 0 Å². The van der Waals surface area contributed by atoms with E-state index in [1.165, 1.54) is 0 Å². The molecule has 1 aromatic carbocycles. The molecule has 0 spiro atoms. The van der Waals surface area contributed by atoms with Gasteiger partial charge in [0, 0.05) is 24.7 Å². The predicted octanol–water partition coefficient (Wildman–Crippen LogP) is 0.00690. The molecule has 0 saturated carbocycles. The fraction of sp³-hybridized carbons (Fsp3) is 0.533. The summed E-state index contributed by atoms with van der Waals surface area (Å²) >= 11 is 5.31. The van der Waals surface area contributed by atoms with E-state index in [9.17, 15) is 0 Å². The molecule has 6 nitrogen and oxygen atoms in total. The summed E-state index contributed by atoms with van der Waals surface area (Å²) in [6.45, 7) is 6.30. The van der Waals surface area contributed by atoms with E-state index in [2.05, 4.69) is 10.6 Å². The summed E-state index contributed by atoms with van der Waals surface area (Å²) in [4.78, 5) is 1.61. The van der Waals surface area contributed by atoms with Crippen molar-refractivity contribution in [1.29, 1.82) is 0 Å². The van der Waals surface area contributed by atoms with E-state index in [1.807, 2.05) is 18.2 Å². The Labute approximate surface area is 135 Å². The number of ether oxygens (including phenoxy) is 3. The number of morpholine rings is 1. The summed E-state index contributed by atoms with van der Waals surface area (Å²) < 4.78 is 16.0. The summed E-state index contributed by atoms with van der Waals surface area (Å²) in [6, 6.07) is 5.71. The first kappa shape index (κ1) is 15.3. The summed E-state index contributed by atoms with van der Waals surface area (Å²) in [5.74, 6) is 1.53. The number of hydrogen-bond acceptors (Lipinski definition) is 4. The van der Waals surface area contributed by atoms with Crippen LogP contribution in [0, 0.1) is 0 Å². The highest BCUT2D eigenvalue weighted by molar-refractivity contribution is 7.80. The molecule has 3 N–H and O–H groups in total. The molecular weight excluding hydrogens is 302 g/mol. The molecule has 2 aliphatic rings. The van der Waals surface area contributed by atoms with Gasteiger partial charge in [-0.2, -0.15) is 0 Å². The van der Waals surface area contributed by atoms with E-state index < -0.39 is 0 Å². The molecule has 3 rings (SSSR count). The van der Waals surface area contributed by atoms with Crippen molar-refractivity contribution in [2.24, 2.45) is 0 Å². The normalized spacial score (nSPS) is 17.3. The van der Waals surface area contributed by atoms with Crippen LogP contribution >= 0.6 is 12.2 Å². The number of nitrogens with one attached hydrogen (secondary N) is 3. The monoisotopic (exact) mass is 324 g/mol. The van der Waals surface area contributed by atoms with Crippen molar-refractivity contribution >= 4 is 23.0 Å². The van der Waals surface area contributed by atoms with Gasteiger partial charge in [-0.25, -0.2) is 0 Å². The minimum atomic E-state index is 0.283. The van der Waals surface area contributed by atoms with Crippen LogP contribution in [-0.2, 0) is 4.74 Å². The van der Waals surface area contributed by atoms with Crippen LogP contribution in [0.15, 0.2) is 18.2 Å². The number of anilines is 1. The molecule has 1 aromatic rings. The van der Waals surface area contributed by atoms with Crippen LogP contribution in [0.5, 0.6) is 11.5 Å². The zero-order valence-electron chi connectivity index (χ0n) is 12.5. The molecule has 7 heteroatoms. The summed E-state index contributed by atoms with van der Waals surface area (Å²) in [6.07, 6.45) is 1.10. The van der Waals surface area contributed by atoms with Crippen LogP contribution in [0.3, 0.4) is 0 Å². The standard InChI is InChI=1S/C15H21N3O3S/c22-15(16-4-1-5-18-6-8-19-9-7-18)17-12-2-3-13-14(10-12)21-11-20-13/h2-3,10H,1,4-9,11H2,(H2,16,17,22)/p+1. The number of benzene rings is 1. The second-order valence-electron chi connectivity index (χ2n) is 5.41.